The van der Waals surface area contributed by atoms with Crippen molar-refractivity contribution in [1.29, 1.82) is 5.26 Å². The second-order valence-electron chi connectivity index (χ2n) is 8.30. The van der Waals surface area contributed by atoms with Crippen molar-refractivity contribution in [1.82, 2.24) is 26.4 Å². The lowest BCUT2D eigenvalue weighted by atomic mass is 9.90. The van der Waals surface area contributed by atoms with E-state index in [1.165, 1.54) is 0 Å². The Labute approximate surface area is 182 Å². The van der Waals surface area contributed by atoms with Crippen molar-refractivity contribution >= 4 is 11.6 Å². The molecule has 5 N–H and O–H groups in total. The normalized spacial score (nSPS) is 29.4. The second-order valence-corrected chi connectivity index (χ2v) is 8.30. The van der Waals surface area contributed by atoms with E-state index in [9.17, 15) is 4.79 Å². The zero-order valence-electron chi connectivity index (χ0n) is 18.0. The Morgan fingerprint density at radius 1 is 1.16 bits per heavy atom. The van der Waals surface area contributed by atoms with Gasteiger partial charge < -0.3 is 14.8 Å². The van der Waals surface area contributed by atoms with Crippen LogP contribution in [-0.4, -0.2) is 63.2 Å². The topological polar surface area (TPSA) is 123 Å². The molecule has 0 spiro atoms. The third-order valence-corrected chi connectivity index (χ3v) is 6.41. The molecule has 168 valence electrons. The third kappa shape index (κ3) is 4.85. The lowest BCUT2D eigenvalue weighted by Crippen LogP contribution is -2.77. The Balaban J connectivity index is 1.52. The predicted molar refractivity (Wildman–Crippen MR) is 115 cm³/mol. The fourth-order valence-corrected chi connectivity index (χ4v) is 4.67. The van der Waals surface area contributed by atoms with Gasteiger partial charge in [0.15, 0.2) is 0 Å². The van der Waals surface area contributed by atoms with Gasteiger partial charge in [-0.25, -0.2) is 5.43 Å². The van der Waals surface area contributed by atoms with Gasteiger partial charge in [0, 0.05) is 56.0 Å². The van der Waals surface area contributed by atoms with E-state index < -0.39 is 0 Å². The molecule has 1 aromatic rings. The summed E-state index contributed by atoms with van der Waals surface area (Å²) in [6.45, 7) is 2.46. The van der Waals surface area contributed by atoms with E-state index in [4.69, 9.17) is 14.7 Å². The first-order valence-corrected chi connectivity index (χ1v) is 10.8. The number of rotatable bonds is 6. The molecule has 0 bridgehead atoms. The molecule has 0 aliphatic carbocycles. The predicted octanol–water partition coefficient (Wildman–Crippen LogP) is 0.163. The average molecular weight is 430 g/mol. The van der Waals surface area contributed by atoms with Crippen LogP contribution in [0.5, 0.6) is 11.5 Å². The van der Waals surface area contributed by atoms with Crippen molar-refractivity contribution in [2.24, 2.45) is 11.8 Å². The molecule has 0 saturated carbocycles. The van der Waals surface area contributed by atoms with E-state index >= 15 is 0 Å². The lowest BCUT2D eigenvalue weighted by molar-refractivity contribution is -0.132. The number of nitrogens with one attached hydrogen (secondary N) is 5. The standard InChI is InChI=1S/C21H31N7O3/c1-30-15-9-14(10-16(11-15)31-2)24-19-18-17(12-23-27-20(18)29)25-21(26-19)28-7-4-13(3-6-22)5-8-28/h9-11,13,17-19,21,23-26H,3-5,7-8,12H2,1-2H3,(H,27,29). The molecule has 3 aliphatic heterocycles. The molecule has 0 aromatic heterocycles. The summed E-state index contributed by atoms with van der Waals surface area (Å²) in [5.41, 5.74) is 6.56. The number of benzene rings is 1. The van der Waals surface area contributed by atoms with Crippen molar-refractivity contribution in [3.8, 4) is 17.6 Å². The molecule has 4 atom stereocenters. The summed E-state index contributed by atoms with van der Waals surface area (Å²) in [7, 11) is 3.23. The fraction of sp³-hybridized carbons (Fsp3) is 0.619. The van der Waals surface area contributed by atoms with Gasteiger partial charge >= 0.3 is 0 Å². The molecule has 10 nitrogen and oxygen atoms in total. The number of hydrogen-bond donors (Lipinski definition) is 5. The van der Waals surface area contributed by atoms with Gasteiger partial charge in [-0.2, -0.15) is 5.26 Å². The van der Waals surface area contributed by atoms with Gasteiger partial charge in [-0.1, -0.05) is 0 Å². The Morgan fingerprint density at radius 3 is 2.52 bits per heavy atom. The second kappa shape index (κ2) is 9.70. The Kier molecular flexibility index (Phi) is 6.77. The van der Waals surface area contributed by atoms with Crippen molar-refractivity contribution in [3.05, 3.63) is 18.2 Å². The van der Waals surface area contributed by atoms with Gasteiger partial charge in [-0.05, 0) is 18.8 Å². The number of likely N-dealkylation sites (tertiary alicyclic amines) is 1. The lowest BCUT2D eigenvalue weighted by Gasteiger charge is -2.49. The van der Waals surface area contributed by atoms with E-state index in [2.05, 4.69) is 37.8 Å². The number of nitriles is 1. The SMILES string of the molecule is COc1cc(NC2NC(N3CCC(CC#N)CC3)NC3CNNC(=O)C32)cc(OC)c1. The zero-order chi connectivity index (χ0) is 21.8. The first-order chi connectivity index (χ1) is 15.1. The molecule has 3 saturated heterocycles. The van der Waals surface area contributed by atoms with E-state index in [0.29, 0.717) is 30.4 Å². The van der Waals surface area contributed by atoms with E-state index in [1.54, 1.807) is 14.2 Å². The van der Waals surface area contributed by atoms with Crippen LogP contribution in [0.1, 0.15) is 19.3 Å². The Morgan fingerprint density at radius 2 is 1.87 bits per heavy atom. The number of fused-ring (bicyclic) bond motifs is 1. The van der Waals surface area contributed by atoms with Crippen molar-refractivity contribution in [2.45, 2.75) is 37.8 Å². The highest BCUT2D eigenvalue weighted by molar-refractivity contribution is 5.81. The highest BCUT2D eigenvalue weighted by Gasteiger charge is 2.45. The molecule has 3 aliphatic rings. The quantitative estimate of drug-likeness (QED) is 0.430. The number of carbonyl (C=O) groups excluding carboxylic acids is 1. The van der Waals surface area contributed by atoms with Crippen LogP contribution in [0.2, 0.25) is 0 Å². The molecule has 10 heteroatoms. The van der Waals surface area contributed by atoms with Gasteiger partial charge in [-0.3, -0.25) is 25.8 Å². The van der Waals surface area contributed by atoms with Crippen LogP contribution < -0.4 is 36.3 Å². The Hall–Kier alpha value is -2.58. The first kappa shape index (κ1) is 21.6. The third-order valence-electron chi connectivity index (χ3n) is 6.41. The summed E-state index contributed by atoms with van der Waals surface area (Å²) in [4.78, 5) is 15.0. The van der Waals surface area contributed by atoms with Crippen LogP contribution in [0.15, 0.2) is 18.2 Å². The number of piperidine rings is 1. The van der Waals surface area contributed by atoms with Crippen LogP contribution in [0.3, 0.4) is 0 Å². The van der Waals surface area contributed by atoms with Gasteiger partial charge in [0.2, 0.25) is 5.91 Å². The number of anilines is 1. The number of hydrogen-bond acceptors (Lipinski definition) is 9. The number of methoxy groups -OCH3 is 2. The number of hydrazine groups is 1. The van der Waals surface area contributed by atoms with Crippen molar-refractivity contribution < 1.29 is 14.3 Å². The Bertz CT molecular complexity index is 799. The van der Waals surface area contributed by atoms with Crippen molar-refractivity contribution in [3.63, 3.8) is 0 Å². The van der Waals surface area contributed by atoms with Gasteiger partial charge in [-0.15, -0.1) is 0 Å². The van der Waals surface area contributed by atoms with E-state index in [1.807, 2.05) is 18.2 Å². The number of amides is 1. The maximum Gasteiger partial charge on any atom is 0.242 e. The summed E-state index contributed by atoms with van der Waals surface area (Å²) in [5.74, 6) is 1.47. The smallest absolute Gasteiger partial charge is 0.242 e. The number of carbonyl (C=O) groups is 1. The maximum absolute atomic E-state index is 12.7. The minimum absolute atomic E-state index is 0.0261. The van der Waals surface area contributed by atoms with Gasteiger partial charge in [0.1, 0.15) is 17.8 Å². The fourth-order valence-electron chi connectivity index (χ4n) is 4.67. The summed E-state index contributed by atoms with van der Waals surface area (Å²) in [6.07, 6.45) is 2.28. The average Bonchev–Trinajstić information content (AvgIpc) is 2.79. The summed E-state index contributed by atoms with van der Waals surface area (Å²) in [6, 6.07) is 7.87. The molecule has 4 rings (SSSR count). The highest BCUT2D eigenvalue weighted by Crippen LogP contribution is 2.29. The summed E-state index contributed by atoms with van der Waals surface area (Å²) >= 11 is 0. The van der Waals surface area contributed by atoms with E-state index in [0.717, 1.165) is 31.6 Å². The molecular formula is C21H31N7O3. The van der Waals surface area contributed by atoms with Crippen LogP contribution in [0.4, 0.5) is 5.69 Å². The molecule has 3 heterocycles. The zero-order valence-corrected chi connectivity index (χ0v) is 18.0. The molecule has 1 amide bonds. The van der Waals surface area contributed by atoms with E-state index in [-0.39, 0.29) is 30.3 Å². The van der Waals surface area contributed by atoms with Gasteiger partial charge in [0.05, 0.1) is 32.4 Å². The maximum atomic E-state index is 12.7. The summed E-state index contributed by atoms with van der Waals surface area (Å²) < 4.78 is 10.8. The van der Waals surface area contributed by atoms with Crippen LogP contribution in [0.25, 0.3) is 0 Å². The minimum Gasteiger partial charge on any atom is -0.497 e. The minimum atomic E-state index is -0.300. The number of nitrogens with zero attached hydrogens (tertiary/aromatic N) is 2. The van der Waals surface area contributed by atoms with Gasteiger partial charge in [0.25, 0.3) is 0 Å². The monoisotopic (exact) mass is 429 g/mol. The molecule has 4 unspecified atom stereocenters. The highest BCUT2D eigenvalue weighted by atomic mass is 16.5. The summed E-state index contributed by atoms with van der Waals surface area (Å²) in [5, 5.41) is 19.7. The first-order valence-electron chi connectivity index (χ1n) is 10.8. The number of ether oxygens (including phenoxy) is 2. The molecule has 3 fully saturated rings. The molecule has 1 aromatic carbocycles. The molecule has 31 heavy (non-hydrogen) atoms. The molecule has 0 radical (unpaired) electrons. The van der Waals surface area contributed by atoms with Crippen molar-refractivity contribution in [2.75, 3.05) is 39.2 Å². The largest absolute Gasteiger partial charge is 0.497 e. The van der Waals surface area contributed by atoms with Crippen LogP contribution in [-0.2, 0) is 4.79 Å². The van der Waals surface area contributed by atoms with Crippen LogP contribution in [0, 0.1) is 23.2 Å². The van der Waals surface area contributed by atoms with Crippen LogP contribution >= 0.6 is 0 Å². The molecular weight excluding hydrogens is 398 g/mol.